The molecule has 1 saturated heterocycles. The first kappa shape index (κ1) is 16.7. The summed E-state index contributed by atoms with van der Waals surface area (Å²) in [6, 6.07) is 5.93. The molecule has 1 fully saturated rings. The molecule has 0 aromatic heterocycles. The summed E-state index contributed by atoms with van der Waals surface area (Å²) in [5.41, 5.74) is 0.608. The van der Waals surface area contributed by atoms with Gasteiger partial charge in [0.1, 0.15) is 6.04 Å². The normalized spacial score (nSPS) is 17.9. The van der Waals surface area contributed by atoms with Gasteiger partial charge < -0.3 is 15.3 Å². The molecule has 1 aromatic carbocycles. The van der Waals surface area contributed by atoms with Crippen LogP contribution in [-0.4, -0.2) is 66.1 Å². The molecule has 2 N–H and O–H groups in total. The lowest BCUT2D eigenvalue weighted by Crippen LogP contribution is -2.52. The maximum Gasteiger partial charge on any atom is 0.321 e. The lowest BCUT2D eigenvalue weighted by atomic mass is 10.1. The second kappa shape index (κ2) is 7.58. The summed E-state index contributed by atoms with van der Waals surface area (Å²) in [5.74, 6) is -1.27. The Morgan fingerprint density at radius 2 is 1.82 bits per heavy atom. The Labute approximate surface area is 134 Å². The molecule has 1 aromatic rings. The number of aliphatic carboxylic acids is 1. The lowest BCUT2D eigenvalue weighted by molar-refractivity contribution is -0.145. The first-order valence-corrected chi connectivity index (χ1v) is 7.54. The highest BCUT2D eigenvalue weighted by Gasteiger charge is 2.30. The van der Waals surface area contributed by atoms with Gasteiger partial charge in [-0.05, 0) is 31.3 Å². The molecule has 7 heteroatoms. The zero-order valence-electron chi connectivity index (χ0n) is 12.5. The summed E-state index contributed by atoms with van der Waals surface area (Å²) >= 11 is 5.79. The number of carbonyl (C=O) groups is 2. The number of likely N-dealkylation sites (N-methyl/N-ethyl adjacent to an activating group) is 1. The van der Waals surface area contributed by atoms with Crippen molar-refractivity contribution >= 4 is 29.2 Å². The molecule has 0 spiro atoms. The Morgan fingerprint density at radius 3 is 2.36 bits per heavy atom. The highest BCUT2D eigenvalue weighted by Crippen LogP contribution is 2.15. The van der Waals surface area contributed by atoms with Crippen molar-refractivity contribution in [2.75, 3.05) is 38.5 Å². The van der Waals surface area contributed by atoms with Gasteiger partial charge in [0.15, 0.2) is 0 Å². The predicted octanol–water partition coefficient (Wildman–Crippen LogP) is 1.37. The number of hydrogen-bond acceptors (Lipinski definition) is 4. The van der Waals surface area contributed by atoms with Gasteiger partial charge in [-0.25, -0.2) is 0 Å². The summed E-state index contributed by atoms with van der Waals surface area (Å²) in [6.45, 7) is 2.93. The van der Waals surface area contributed by atoms with E-state index in [9.17, 15) is 14.7 Å². The van der Waals surface area contributed by atoms with Crippen molar-refractivity contribution in [1.29, 1.82) is 0 Å². The largest absolute Gasteiger partial charge is 0.480 e. The minimum absolute atomic E-state index is 0.0678. The molecule has 1 heterocycles. The lowest BCUT2D eigenvalue weighted by Gasteiger charge is -2.35. The number of halogens is 1. The van der Waals surface area contributed by atoms with E-state index in [0.29, 0.717) is 23.8 Å². The third-order valence-corrected chi connectivity index (χ3v) is 4.02. The van der Waals surface area contributed by atoms with Gasteiger partial charge >= 0.3 is 5.97 Å². The van der Waals surface area contributed by atoms with Crippen LogP contribution in [0, 0.1) is 0 Å². The number of carbonyl (C=O) groups excluding carboxylic acids is 1. The number of rotatable bonds is 5. The van der Waals surface area contributed by atoms with Crippen LogP contribution in [0.1, 0.15) is 6.42 Å². The van der Waals surface area contributed by atoms with E-state index in [1.165, 1.54) is 0 Å². The number of hydrogen-bond donors (Lipinski definition) is 2. The number of carboxylic acid groups (broad SMARTS) is 1. The zero-order valence-corrected chi connectivity index (χ0v) is 13.2. The van der Waals surface area contributed by atoms with Gasteiger partial charge in [0, 0.05) is 36.9 Å². The second-order valence-corrected chi connectivity index (χ2v) is 5.89. The number of benzene rings is 1. The van der Waals surface area contributed by atoms with E-state index < -0.39 is 12.0 Å². The van der Waals surface area contributed by atoms with Crippen LogP contribution < -0.4 is 5.32 Å². The molecule has 6 nitrogen and oxygen atoms in total. The van der Waals surface area contributed by atoms with Crippen molar-refractivity contribution in [1.82, 2.24) is 9.80 Å². The van der Waals surface area contributed by atoms with Crippen LogP contribution in [-0.2, 0) is 9.59 Å². The third kappa shape index (κ3) is 4.69. The fourth-order valence-electron chi connectivity index (χ4n) is 2.43. The fourth-order valence-corrected chi connectivity index (χ4v) is 2.55. The first-order chi connectivity index (χ1) is 10.5. The zero-order chi connectivity index (χ0) is 16.1. The molecular weight excluding hydrogens is 306 g/mol. The van der Waals surface area contributed by atoms with Crippen molar-refractivity contribution in [3.05, 3.63) is 29.3 Å². The number of nitrogens with zero attached hydrogens (tertiary/aromatic N) is 2. The molecule has 0 saturated carbocycles. The summed E-state index contributed by atoms with van der Waals surface area (Å²) in [6.07, 6.45) is -0.0678. The van der Waals surface area contributed by atoms with Gasteiger partial charge in [-0.15, -0.1) is 0 Å². The van der Waals surface area contributed by atoms with Crippen molar-refractivity contribution in [3.8, 4) is 0 Å². The Kier molecular flexibility index (Phi) is 5.76. The summed E-state index contributed by atoms with van der Waals surface area (Å²) < 4.78 is 0. The average Bonchev–Trinajstić information content (AvgIpc) is 2.48. The second-order valence-electron chi connectivity index (χ2n) is 5.45. The van der Waals surface area contributed by atoms with Crippen LogP contribution >= 0.6 is 11.6 Å². The number of nitrogens with one attached hydrogen (secondary N) is 1. The molecule has 1 atom stereocenters. The fraction of sp³-hybridized carbons (Fsp3) is 0.467. The maximum atomic E-state index is 12.1. The molecule has 0 unspecified atom stereocenters. The van der Waals surface area contributed by atoms with Gasteiger partial charge in [-0.3, -0.25) is 14.5 Å². The molecule has 0 radical (unpaired) electrons. The van der Waals surface area contributed by atoms with Gasteiger partial charge in [-0.2, -0.15) is 0 Å². The molecule has 1 amide bonds. The van der Waals surface area contributed by atoms with E-state index in [2.05, 4.69) is 10.2 Å². The Bertz CT molecular complexity index is 527. The Balaban J connectivity index is 1.94. The molecule has 2 rings (SSSR count). The minimum atomic E-state index is -0.962. The standard InChI is InChI=1S/C15H20ClN3O3/c1-18-6-8-19(9-7-18)13(15(21)22)10-14(20)17-12-4-2-11(16)3-5-12/h2-5,13H,6-10H2,1H3,(H,17,20)(H,21,22)/t13-/m0/s1. The van der Waals surface area contributed by atoms with E-state index in [4.69, 9.17) is 11.6 Å². The monoisotopic (exact) mass is 325 g/mol. The molecule has 22 heavy (non-hydrogen) atoms. The van der Waals surface area contributed by atoms with E-state index in [-0.39, 0.29) is 12.3 Å². The van der Waals surface area contributed by atoms with Crippen LogP contribution in [0.15, 0.2) is 24.3 Å². The number of piperazine rings is 1. The third-order valence-electron chi connectivity index (χ3n) is 3.77. The van der Waals surface area contributed by atoms with Crippen molar-refractivity contribution in [2.24, 2.45) is 0 Å². The molecule has 1 aliphatic rings. The van der Waals surface area contributed by atoms with E-state index >= 15 is 0 Å². The molecular formula is C15H20ClN3O3. The Hall–Kier alpha value is -1.63. The van der Waals surface area contributed by atoms with Crippen LogP contribution in [0.2, 0.25) is 5.02 Å². The van der Waals surface area contributed by atoms with Gasteiger partial charge in [0.2, 0.25) is 5.91 Å². The number of anilines is 1. The number of carboxylic acids is 1. The maximum absolute atomic E-state index is 12.1. The van der Waals surface area contributed by atoms with Crippen LogP contribution in [0.25, 0.3) is 0 Å². The molecule has 120 valence electrons. The van der Waals surface area contributed by atoms with E-state index in [0.717, 1.165) is 13.1 Å². The van der Waals surface area contributed by atoms with E-state index in [1.54, 1.807) is 24.3 Å². The molecule has 0 aliphatic carbocycles. The smallest absolute Gasteiger partial charge is 0.321 e. The predicted molar refractivity (Wildman–Crippen MR) is 85.2 cm³/mol. The highest BCUT2D eigenvalue weighted by molar-refractivity contribution is 6.30. The van der Waals surface area contributed by atoms with Gasteiger partial charge in [0.25, 0.3) is 0 Å². The highest BCUT2D eigenvalue weighted by atomic mass is 35.5. The quantitative estimate of drug-likeness (QED) is 0.855. The van der Waals surface area contributed by atoms with Gasteiger partial charge in [-0.1, -0.05) is 11.6 Å². The minimum Gasteiger partial charge on any atom is -0.480 e. The van der Waals surface area contributed by atoms with Gasteiger partial charge in [0.05, 0.1) is 6.42 Å². The molecule has 0 bridgehead atoms. The summed E-state index contributed by atoms with van der Waals surface area (Å²) in [4.78, 5) is 27.5. The first-order valence-electron chi connectivity index (χ1n) is 7.16. The number of amides is 1. The summed E-state index contributed by atoms with van der Waals surface area (Å²) in [5, 5.41) is 12.7. The van der Waals surface area contributed by atoms with Crippen LogP contribution in [0.4, 0.5) is 5.69 Å². The molecule has 1 aliphatic heterocycles. The van der Waals surface area contributed by atoms with Crippen LogP contribution in [0.3, 0.4) is 0 Å². The average molecular weight is 326 g/mol. The van der Waals surface area contributed by atoms with Crippen molar-refractivity contribution in [2.45, 2.75) is 12.5 Å². The summed E-state index contributed by atoms with van der Waals surface area (Å²) in [7, 11) is 2.00. The van der Waals surface area contributed by atoms with E-state index in [1.807, 2.05) is 11.9 Å². The topological polar surface area (TPSA) is 72.9 Å². The SMILES string of the molecule is CN1CCN([C@@H](CC(=O)Nc2ccc(Cl)cc2)C(=O)O)CC1. The Morgan fingerprint density at radius 1 is 1.23 bits per heavy atom. The van der Waals surface area contributed by atoms with Crippen molar-refractivity contribution in [3.63, 3.8) is 0 Å². The van der Waals surface area contributed by atoms with Crippen LogP contribution in [0.5, 0.6) is 0 Å². The van der Waals surface area contributed by atoms with Crippen molar-refractivity contribution < 1.29 is 14.7 Å².